The van der Waals surface area contributed by atoms with E-state index in [1.54, 1.807) is 0 Å². The number of rotatable bonds is 3. The summed E-state index contributed by atoms with van der Waals surface area (Å²) in [7, 11) is 0. The quantitative estimate of drug-likeness (QED) is 0.236. The molecule has 0 spiro atoms. The number of aliphatic hydroxyl groups excluding tert-OH is 8. The second kappa shape index (κ2) is 6.82. The Morgan fingerprint density at radius 1 is 0.739 bits per heavy atom. The first-order valence-corrected chi connectivity index (χ1v) is 7.03. The smallest absolute Gasteiger partial charge is 0.184 e. The van der Waals surface area contributed by atoms with Gasteiger partial charge in [-0.15, -0.1) is 0 Å². The Morgan fingerprint density at radius 2 is 1.35 bits per heavy atom. The van der Waals surface area contributed by atoms with E-state index in [2.05, 4.69) is 0 Å². The molecule has 2 aliphatic rings. The molecule has 2 heterocycles. The van der Waals surface area contributed by atoms with Gasteiger partial charge >= 0.3 is 0 Å². The molecule has 0 aromatic carbocycles. The van der Waals surface area contributed by atoms with Gasteiger partial charge in [-0.1, -0.05) is 0 Å². The van der Waals surface area contributed by atoms with Gasteiger partial charge in [0.2, 0.25) is 0 Å². The lowest BCUT2D eigenvalue weighted by molar-refractivity contribution is -0.367. The van der Waals surface area contributed by atoms with Gasteiger partial charge in [0.25, 0.3) is 0 Å². The molecule has 11 heteroatoms. The van der Waals surface area contributed by atoms with E-state index in [1.165, 1.54) is 0 Å². The third kappa shape index (κ3) is 2.88. The van der Waals surface area contributed by atoms with E-state index < -0.39 is 73.9 Å². The number of hydrogen-bond acceptors (Lipinski definition) is 11. The molecule has 11 nitrogen and oxygen atoms in total. The lowest BCUT2D eigenvalue weighted by Crippen LogP contribution is -2.77. The summed E-state index contributed by atoms with van der Waals surface area (Å²) in [5.74, 6) is 0. The van der Waals surface area contributed by atoms with Gasteiger partial charge in [0.05, 0.1) is 13.2 Å². The van der Waals surface area contributed by atoms with Gasteiger partial charge in [-0.2, -0.15) is 0 Å². The Balaban J connectivity index is 2.38. The number of ether oxygens (including phenoxy) is 2. The van der Waals surface area contributed by atoms with Crippen LogP contribution >= 0.6 is 0 Å². The molecule has 0 aliphatic carbocycles. The zero-order valence-electron chi connectivity index (χ0n) is 12.0. The zero-order valence-corrected chi connectivity index (χ0v) is 12.0. The standard InChI is InChI=1S/C12H22O11/c13-1-3-5(15)6(16)7(17)10(22-3)12(21)4(2-14)23-11(20)8(18)9(12)19/h3-11,13-21H,1-2H2/t3-,4-,5-,6+,7+,8+,9-,10+,11?,12-/m1/s1. The maximum atomic E-state index is 10.7. The second-order valence-electron chi connectivity index (χ2n) is 5.77. The molecule has 2 fully saturated rings. The van der Waals surface area contributed by atoms with Gasteiger partial charge in [0.1, 0.15) is 48.8 Å². The Bertz CT molecular complexity index is 402. The maximum Gasteiger partial charge on any atom is 0.184 e. The predicted octanol–water partition coefficient (Wildman–Crippen LogP) is -6.01. The molecule has 2 aliphatic heterocycles. The molecular weight excluding hydrogens is 320 g/mol. The van der Waals surface area contributed by atoms with Crippen molar-refractivity contribution < 1.29 is 55.4 Å². The van der Waals surface area contributed by atoms with Crippen molar-refractivity contribution in [3.63, 3.8) is 0 Å². The van der Waals surface area contributed by atoms with Gasteiger partial charge in [-0.25, -0.2) is 0 Å². The first-order valence-electron chi connectivity index (χ1n) is 7.03. The monoisotopic (exact) mass is 342 g/mol. The first kappa shape index (κ1) is 18.9. The lowest BCUT2D eigenvalue weighted by Gasteiger charge is -2.54. The van der Waals surface area contributed by atoms with Crippen molar-refractivity contribution in [3.8, 4) is 0 Å². The van der Waals surface area contributed by atoms with Crippen LogP contribution in [-0.2, 0) is 9.47 Å². The summed E-state index contributed by atoms with van der Waals surface area (Å²) in [6, 6.07) is 0. The summed E-state index contributed by atoms with van der Waals surface area (Å²) >= 11 is 0. The maximum absolute atomic E-state index is 10.7. The molecule has 0 aromatic rings. The fourth-order valence-electron chi connectivity index (χ4n) is 3.00. The number of hydrogen-bond donors (Lipinski definition) is 9. The topological polar surface area (TPSA) is 201 Å². The lowest BCUT2D eigenvalue weighted by atomic mass is 9.75. The van der Waals surface area contributed by atoms with Crippen LogP contribution in [0.25, 0.3) is 0 Å². The minimum Gasteiger partial charge on any atom is -0.394 e. The third-order valence-electron chi connectivity index (χ3n) is 4.42. The van der Waals surface area contributed by atoms with Crippen molar-refractivity contribution >= 4 is 0 Å². The van der Waals surface area contributed by atoms with E-state index in [0.717, 1.165) is 0 Å². The molecule has 0 amide bonds. The summed E-state index contributed by atoms with van der Waals surface area (Å²) in [4.78, 5) is 0. The van der Waals surface area contributed by atoms with Crippen LogP contribution < -0.4 is 0 Å². The van der Waals surface area contributed by atoms with E-state index in [1.807, 2.05) is 0 Å². The molecule has 10 atom stereocenters. The van der Waals surface area contributed by atoms with Crippen LogP contribution in [0, 0.1) is 0 Å². The van der Waals surface area contributed by atoms with Crippen LogP contribution in [-0.4, -0.2) is 120 Å². The molecule has 2 saturated heterocycles. The van der Waals surface area contributed by atoms with Crippen molar-refractivity contribution in [1.29, 1.82) is 0 Å². The SMILES string of the molecule is OC[C@H]1O[C@H]([C@]2(O)[C@H](O)[C@H](O)C(O)O[C@@H]2CO)[C@@H](O)[C@@H](O)[C@@H]1O. The summed E-state index contributed by atoms with van der Waals surface area (Å²) in [6.45, 7) is -1.70. The van der Waals surface area contributed by atoms with Crippen LogP contribution in [0.4, 0.5) is 0 Å². The van der Waals surface area contributed by atoms with E-state index in [-0.39, 0.29) is 0 Å². The highest BCUT2D eigenvalue weighted by atomic mass is 16.6. The molecule has 0 saturated carbocycles. The highest BCUT2D eigenvalue weighted by molar-refractivity contribution is 5.11. The van der Waals surface area contributed by atoms with Crippen molar-refractivity contribution in [2.45, 2.75) is 60.7 Å². The summed E-state index contributed by atoms with van der Waals surface area (Å²) in [5.41, 5.74) is -2.64. The van der Waals surface area contributed by atoms with E-state index >= 15 is 0 Å². The van der Waals surface area contributed by atoms with Crippen LogP contribution in [0.5, 0.6) is 0 Å². The molecule has 0 radical (unpaired) electrons. The molecule has 1 unspecified atom stereocenters. The van der Waals surface area contributed by atoms with Gasteiger partial charge in [0.15, 0.2) is 11.9 Å². The molecule has 23 heavy (non-hydrogen) atoms. The van der Waals surface area contributed by atoms with Crippen molar-refractivity contribution in [2.75, 3.05) is 13.2 Å². The van der Waals surface area contributed by atoms with Crippen molar-refractivity contribution in [3.05, 3.63) is 0 Å². The van der Waals surface area contributed by atoms with E-state index in [0.29, 0.717) is 0 Å². The molecule has 136 valence electrons. The van der Waals surface area contributed by atoms with E-state index in [4.69, 9.17) is 14.6 Å². The summed E-state index contributed by atoms with van der Waals surface area (Å²) < 4.78 is 9.97. The van der Waals surface area contributed by atoms with Crippen LogP contribution in [0.3, 0.4) is 0 Å². The molecule has 0 bridgehead atoms. The van der Waals surface area contributed by atoms with Gasteiger partial charge in [-0.3, -0.25) is 0 Å². The summed E-state index contributed by atoms with van der Waals surface area (Å²) in [6.07, 6.45) is -16.4. The predicted molar refractivity (Wildman–Crippen MR) is 68.7 cm³/mol. The van der Waals surface area contributed by atoms with Crippen LogP contribution in [0.15, 0.2) is 0 Å². The molecule has 0 aromatic heterocycles. The third-order valence-corrected chi connectivity index (χ3v) is 4.42. The normalized spacial score (nSPS) is 54.9. The fourth-order valence-corrected chi connectivity index (χ4v) is 3.00. The Morgan fingerprint density at radius 3 is 1.87 bits per heavy atom. The minimum atomic E-state index is -2.64. The Hall–Kier alpha value is -0.440. The minimum absolute atomic E-state index is 0.774. The van der Waals surface area contributed by atoms with Gasteiger partial charge < -0.3 is 55.4 Å². The zero-order chi connectivity index (χ0) is 17.5. The number of aliphatic hydroxyl groups is 9. The Labute approximate surface area is 130 Å². The second-order valence-corrected chi connectivity index (χ2v) is 5.77. The highest BCUT2D eigenvalue weighted by Crippen LogP contribution is 2.38. The average Bonchev–Trinajstić information content (AvgIpc) is 2.54. The largest absolute Gasteiger partial charge is 0.394 e. The molecule has 2 rings (SSSR count). The van der Waals surface area contributed by atoms with Crippen LogP contribution in [0.1, 0.15) is 0 Å². The van der Waals surface area contributed by atoms with Crippen molar-refractivity contribution in [1.82, 2.24) is 0 Å². The first-order chi connectivity index (χ1) is 10.7. The highest BCUT2D eigenvalue weighted by Gasteiger charge is 2.63. The van der Waals surface area contributed by atoms with Gasteiger partial charge in [0, 0.05) is 0 Å². The van der Waals surface area contributed by atoms with Crippen molar-refractivity contribution in [2.24, 2.45) is 0 Å². The fraction of sp³-hybridized carbons (Fsp3) is 1.00. The van der Waals surface area contributed by atoms with Crippen LogP contribution in [0.2, 0.25) is 0 Å². The molecular formula is C12H22O11. The molecule has 9 N–H and O–H groups in total. The summed E-state index contributed by atoms with van der Waals surface area (Å²) in [5, 5.41) is 88.0. The van der Waals surface area contributed by atoms with E-state index in [9.17, 15) is 40.9 Å². The average molecular weight is 342 g/mol. The van der Waals surface area contributed by atoms with Gasteiger partial charge in [-0.05, 0) is 0 Å². The Kier molecular flexibility index (Phi) is 5.60.